The Hall–Kier alpha value is -0.780. The van der Waals surface area contributed by atoms with Gasteiger partial charge in [-0.1, -0.05) is 0 Å². The van der Waals surface area contributed by atoms with E-state index in [2.05, 4.69) is 11.9 Å². The zero-order chi connectivity index (χ0) is 19.8. The van der Waals surface area contributed by atoms with Crippen LogP contribution in [0.4, 0.5) is 0 Å². The molecule has 4 rings (SSSR count). The van der Waals surface area contributed by atoms with Gasteiger partial charge in [0.1, 0.15) is 0 Å². The van der Waals surface area contributed by atoms with Crippen molar-refractivity contribution in [1.82, 2.24) is 18.4 Å². The summed E-state index contributed by atoms with van der Waals surface area (Å²) in [6, 6.07) is 0. The largest absolute Gasteiger partial charge is 0.347 e. The maximum absolute atomic E-state index is 13.0. The van der Waals surface area contributed by atoms with E-state index in [0.29, 0.717) is 65.1 Å². The number of ether oxygens (including phenoxy) is 2. The third kappa shape index (κ3) is 4.08. The molecular formula is C18H32N4O5S. The number of nitrogens with zero attached hydrogens (tertiary/aromatic N) is 4. The van der Waals surface area contributed by atoms with E-state index in [-0.39, 0.29) is 11.8 Å². The van der Waals surface area contributed by atoms with Gasteiger partial charge in [-0.05, 0) is 19.9 Å². The van der Waals surface area contributed by atoms with Crippen LogP contribution in [0, 0.1) is 5.92 Å². The van der Waals surface area contributed by atoms with Crippen molar-refractivity contribution in [3.05, 3.63) is 0 Å². The predicted octanol–water partition coefficient (Wildman–Crippen LogP) is -0.444. The van der Waals surface area contributed by atoms with Gasteiger partial charge in [0.2, 0.25) is 5.91 Å². The highest BCUT2D eigenvalue weighted by Crippen LogP contribution is 2.33. The Balaban J connectivity index is 1.29. The zero-order valence-electron chi connectivity index (χ0n) is 16.7. The fourth-order valence-corrected chi connectivity index (χ4v) is 6.27. The minimum Gasteiger partial charge on any atom is -0.347 e. The van der Waals surface area contributed by atoms with Gasteiger partial charge in [0.25, 0.3) is 10.2 Å². The molecule has 0 atom stereocenters. The number of piperidine rings is 2. The highest BCUT2D eigenvalue weighted by molar-refractivity contribution is 7.86. The summed E-state index contributed by atoms with van der Waals surface area (Å²) in [7, 11) is -1.42. The first-order valence-corrected chi connectivity index (χ1v) is 11.8. The monoisotopic (exact) mass is 416 g/mol. The molecule has 0 saturated carbocycles. The van der Waals surface area contributed by atoms with Crippen LogP contribution in [0.3, 0.4) is 0 Å². The van der Waals surface area contributed by atoms with Gasteiger partial charge in [-0.3, -0.25) is 4.79 Å². The average Bonchev–Trinajstić information content (AvgIpc) is 3.16. The number of carbonyl (C=O) groups excluding carboxylic acids is 1. The molecule has 0 aliphatic carbocycles. The lowest BCUT2D eigenvalue weighted by atomic mass is 9.96. The Labute approximate surface area is 167 Å². The Bertz CT molecular complexity index is 655. The second-order valence-electron chi connectivity index (χ2n) is 8.32. The molecule has 9 nitrogen and oxygen atoms in total. The van der Waals surface area contributed by atoms with Crippen molar-refractivity contribution in [3.63, 3.8) is 0 Å². The molecule has 4 heterocycles. The van der Waals surface area contributed by atoms with Crippen LogP contribution in [0.1, 0.15) is 25.7 Å². The first kappa shape index (κ1) is 20.5. The number of hydrogen-bond acceptors (Lipinski definition) is 6. The standard InChI is InChI=1S/C18H32N4O5S/c1-19-10-12-20(13-11-19)17(23)16-2-6-21(7-3-16)28(24,25)22-8-4-18(5-9-22)26-14-15-27-18/h16H,2-15H2,1H3. The number of likely N-dealkylation sites (N-methyl/N-ethyl adjacent to an activating group) is 1. The SMILES string of the molecule is CN1CCN(C(=O)C2CCN(S(=O)(=O)N3CCC4(CC3)OCCO4)CC2)CC1. The smallest absolute Gasteiger partial charge is 0.281 e. The van der Waals surface area contributed by atoms with E-state index in [1.165, 1.54) is 0 Å². The number of rotatable bonds is 3. The molecule has 10 heteroatoms. The van der Waals surface area contributed by atoms with Crippen LogP contribution in [0.5, 0.6) is 0 Å². The van der Waals surface area contributed by atoms with Crippen LogP contribution in [0.2, 0.25) is 0 Å². The van der Waals surface area contributed by atoms with Crippen LogP contribution in [-0.4, -0.2) is 111 Å². The summed E-state index contributed by atoms with van der Waals surface area (Å²) < 4.78 is 40.5. The van der Waals surface area contributed by atoms with Crippen LogP contribution in [0.15, 0.2) is 0 Å². The maximum Gasteiger partial charge on any atom is 0.281 e. The summed E-state index contributed by atoms with van der Waals surface area (Å²) in [6.45, 7) is 6.20. The Kier molecular flexibility index (Phi) is 5.97. The molecule has 0 aromatic rings. The number of carbonyl (C=O) groups is 1. The van der Waals surface area contributed by atoms with Gasteiger partial charge in [-0.2, -0.15) is 17.0 Å². The highest BCUT2D eigenvalue weighted by Gasteiger charge is 2.44. The van der Waals surface area contributed by atoms with E-state index >= 15 is 0 Å². The van der Waals surface area contributed by atoms with Gasteiger partial charge in [0.05, 0.1) is 13.2 Å². The Morgan fingerprint density at radius 2 is 1.39 bits per heavy atom. The summed E-state index contributed by atoms with van der Waals surface area (Å²) in [5.41, 5.74) is 0. The molecule has 1 spiro atoms. The van der Waals surface area contributed by atoms with Crippen molar-refractivity contribution in [1.29, 1.82) is 0 Å². The van der Waals surface area contributed by atoms with E-state index in [9.17, 15) is 13.2 Å². The topological polar surface area (TPSA) is 82.6 Å². The molecule has 0 bridgehead atoms. The Morgan fingerprint density at radius 3 is 1.96 bits per heavy atom. The summed E-state index contributed by atoms with van der Waals surface area (Å²) >= 11 is 0. The molecular weight excluding hydrogens is 384 g/mol. The lowest BCUT2D eigenvalue weighted by molar-refractivity contribution is -0.179. The molecule has 4 saturated heterocycles. The summed E-state index contributed by atoms with van der Waals surface area (Å²) in [5, 5.41) is 0. The van der Waals surface area contributed by atoms with E-state index in [0.717, 1.165) is 26.2 Å². The van der Waals surface area contributed by atoms with Crippen molar-refractivity contribution in [3.8, 4) is 0 Å². The fraction of sp³-hybridized carbons (Fsp3) is 0.944. The molecule has 0 aromatic carbocycles. The maximum atomic E-state index is 13.0. The highest BCUT2D eigenvalue weighted by atomic mass is 32.2. The number of piperazine rings is 1. The van der Waals surface area contributed by atoms with Crippen molar-refractivity contribution in [2.75, 3.05) is 72.6 Å². The van der Waals surface area contributed by atoms with Gasteiger partial charge in [-0.15, -0.1) is 0 Å². The fourth-order valence-electron chi connectivity index (χ4n) is 4.63. The molecule has 0 unspecified atom stereocenters. The molecule has 4 fully saturated rings. The lowest BCUT2D eigenvalue weighted by Crippen LogP contribution is -2.54. The summed E-state index contributed by atoms with van der Waals surface area (Å²) in [4.78, 5) is 16.9. The average molecular weight is 417 g/mol. The summed E-state index contributed by atoms with van der Waals surface area (Å²) in [5.74, 6) is -0.436. The first-order chi connectivity index (χ1) is 13.4. The van der Waals surface area contributed by atoms with E-state index in [4.69, 9.17) is 9.47 Å². The number of hydrogen-bond donors (Lipinski definition) is 0. The van der Waals surface area contributed by atoms with Crippen molar-refractivity contribution in [2.45, 2.75) is 31.5 Å². The normalized spacial score (nSPS) is 28.8. The van der Waals surface area contributed by atoms with Gasteiger partial charge >= 0.3 is 0 Å². The van der Waals surface area contributed by atoms with E-state index in [1.54, 1.807) is 8.61 Å². The second kappa shape index (κ2) is 8.16. The molecule has 1 amide bonds. The van der Waals surface area contributed by atoms with E-state index < -0.39 is 16.0 Å². The quantitative estimate of drug-likeness (QED) is 0.620. The second-order valence-corrected chi connectivity index (χ2v) is 10.2. The predicted molar refractivity (Wildman–Crippen MR) is 103 cm³/mol. The molecule has 28 heavy (non-hydrogen) atoms. The molecule has 4 aliphatic heterocycles. The minimum atomic E-state index is -3.49. The van der Waals surface area contributed by atoms with Crippen LogP contribution in [-0.2, 0) is 24.5 Å². The minimum absolute atomic E-state index is 0.0558. The molecule has 0 N–H and O–H groups in total. The van der Waals surface area contributed by atoms with Gasteiger partial charge < -0.3 is 19.3 Å². The summed E-state index contributed by atoms with van der Waals surface area (Å²) in [6.07, 6.45) is 2.36. The zero-order valence-corrected chi connectivity index (χ0v) is 17.5. The van der Waals surface area contributed by atoms with Gasteiger partial charge in [-0.25, -0.2) is 0 Å². The molecule has 4 aliphatic rings. The van der Waals surface area contributed by atoms with Crippen LogP contribution in [0.25, 0.3) is 0 Å². The molecule has 160 valence electrons. The van der Waals surface area contributed by atoms with Crippen LogP contribution < -0.4 is 0 Å². The molecule has 0 aromatic heterocycles. The van der Waals surface area contributed by atoms with Crippen molar-refractivity contribution in [2.24, 2.45) is 5.92 Å². The number of amides is 1. The van der Waals surface area contributed by atoms with Crippen LogP contribution >= 0.6 is 0 Å². The molecule has 0 radical (unpaired) electrons. The van der Waals surface area contributed by atoms with Gasteiger partial charge in [0, 0.05) is 71.1 Å². The Morgan fingerprint density at radius 1 is 0.857 bits per heavy atom. The third-order valence-corrected chi connectivity index (χ3v) is 8.60. The van der Waals surface area contributed by atoms with Gasteiger partial charge in [0.15, 0.2) is 5.79 Å². The third-order valence-electron chi connectivity index (χ3n) is 6.57. The van der Waals surface area contributed by atoms with E-state index in [1.807, 2.05) is 4.90 Å². The van der Waals surface area contributed by atoms with Crippen molar-refractivity contribution >= 4 is 16.1 Å². The lowest BCUT2D eigenvalue weighted by Gasteiger charge is -2.41. The van der Waals surface area contributed by atoms with Crippen molar-refractivity contribution < 1.29 is 22.7 Å². The first-order valence-electron chi connectivity index (χ1n) is 10.4.